The summed E-state index contributed by atoms with van der Waals surface area (Å²) in [6, 6.07) is 9.25. The van der Waals surface area contributed by atoms with Gasteiger partial charge in [0.1, 0.15) is 5.82 Å². The highest BCUT2D eigenvalue weighted by Gasteiger charge is 2.15. The van der Waals surface area contributed by atoms with Gasteiger partial charge in [-0.25, -0.2) is 4.98 Å². The van der Waals surface area contributed by atoms with Crippen molar-refractivity contribution in [2.75, 3.05) is 7.11 Å². The molecule has 0 saturated carbocycles. The van der Waals surface area contributed by atoms with Gasteiger partial charge in [-0.2, -0.15) is 9.78 Å². The molecule has 0 saturated heterocycles. The van der Waals surface area contributed by atoms with Crippen molar-refractivity contribution in [3.63, 3.8) is 0 Å². The minimum absolute atomic E-state index is 0.0578. The van der Waals surface area contributed by atoms with Gasteiger partial charge in [-0.3, -0.25) is 4.79 Å². The largest absolute Gasteiger partial charge is 0.493 e. The second-order valence-corrected chi connectivity index (χ2v) is 9.30. The lowest BCUT2D eigenvalue weighted by atomic mass is 10.2. The zero-order chi connectivity index (χ0) is 23.3. The Balaban J connectivity index is 2.06. The SMILES string of the molecule is CCCCc1nc2ccc(Br)cc2c(=O)n1N=Cc1cc(Br)c(O[C@H](C)CC)c(OC)c1. The summed E-state index contributed by atoms with van der Waals surface area (Å²) in [5.74, 6) is 1.89. The number of hydrogen-bond acceptors (Lipinski definition) is 5. The van der Waals surface area contributed by atoms with Gasteiger partial charge in [-0.1, -0.05) is 36.2 Å². The molecule has 1 atom stereocenters. The summed E-state index contributed by atoms with van der Waals surface area (Å²) >= 11 is 7.01. The molecule has 1 heterocycles. The number of hydrogen-bond donors (Lipinski definition) is 0. The van der Waals surface area contributed by atoms with Gasteiger partial charge in [0, 0.05) is 10.9 Å². The molecular formula is C24H27Br2N3O3. The van der Waals surface area contributed by atoms with Crippen molar-refractivity contribution in [1.82, 2.24) is 9.66 Å². The van der Waals surface area contributed by atoms with E-state index in [4.69, 9.17) is 14.5 Å². The number of methoxy groups -OCH3 is 1. The number of aromatic nitrogens is 2. The molecule has 0 unspecified atom stereocenters. The van der Waals surface area contributed by atoms with E-state index in [1.807, 2.05) is 31.2 Å². The highest BCUT2D eigenvalue weighted by molar-refractivity contribution is 9.10. The molecule has 0 aliphatic rings. The minimum atomic E-state index is -0.193. The molecule has 32 heavy (non-hydrogen) atoms. The lowest BCUT2D eigenvalue weighted by Gasteiger charge is -2.17. The van der Waals surface area contributed by atoms with Crippen molar-refractivity contribution in [3.8, 4) is 11.5 Å². The highest BCUT2D eigenvalue weighted by atomic mass is 79.9. The normalized spacial score (nSPS) is 12.4. The molecule has 1 aromatic heterocycles. The minimum Gasteiger partial charge on any atom is -0.493 e. The molecule has 6 nitrogen and oxygen atoms in total. The Morgan fingerprint density at radius 3 is 2.69 bits per heavy atom. The third-order valence-corrected chi connectivity index (χ3v) is 6.18. The Morgan fingerprint density at radius 1 is 1.22 bits per heavy atom. The molecule has 3 rings (SSSR count). The monoisotopic (exact) mass is 563 g/mol. The van der Waals surface area contributed by atoms with Crippen molar-refractivity contribution in [2.24, 2.45) is 5.10 Å². The number of ether oxygens (including phenoxy) is 2. The first kappa shape index (κ1) is 24.5. The molecule has 2 aromatic carbocycles. The fourth-order valence-electron chi connectivity index (χ4n) is 3.15. The van der Waals surface area contributed by atoms with Crippen LogP contribution in [-0.2, 0) is 6.42 Å². The van der Waals surface area contributed by atoms with E-state index in [0.717, 1.165) is 33.8 Å². The lowest BCUT2D eigenvalue weighted by molar-refractivity contribution is 0.206. The van der Waals surface area contributed by atoms with E-state index in [1.165, 1.54) is 4.68 Å². The molecule has 0 N–H and O–H groups in total. The van der Waals surface area contributed by atoms with Crippen LogP contribution in [0.25, 0.3) is 10.9 Å². The van der Waals surface area contributed by atoms with Crippen LogP contribution in [0.5, 0.6) is 11.5 Å². The summed E-state index contributed by atoms with van der Waals surface area (Å²) in [6.45, 7) is 6.18. The highest BCUT2D eigenvalue weighted by Crippen LogP contribution is 2.37. The molecule has 0 fully saturated rings. The van der Waals surface area contributed by atoms with Crippen LogP contribution in [-0.4, -0.2) is 29.1 Å². The second-order valence-electron chi connectivity index (χ2n) is 7.53. The van der Waals surface area contributed by atoms with E-state index in [0.29, 0.717) is 34.6 Å². The van der Waals surface area contributed by atoms with E-state index in [1.54, 1.807) is 19.4 Å². The van der Waals surface area contributed by atoms with Crippen LogP contribution >= 0.6 is 31.9 Å². The summed E-state index contributed by atoms with van der Waals surface area (Å²) < 4.78 is 14.5. The Labute approximate surface area is 204 Å². The van der Waals surface area contributed by atoms with Gasteiger partial charge >= 0.3 is 0 Å². The van der Waals surface area contributed by atoms with Crippen LogP contribution in [0, 0.1) is 0 Å². The van der Waals surface area contributed by atoms with Crippen LogP contribution in [0.1, 0.15) is 51.4 Å². The number of fused-ring (bicyclic) bond motifs is 1. The molecule has 0 spiro atoms. The fourth-order valence-corrected chi connectivity index (χ4v) is 4.06. The van der Waals surface area contributed by atoms with Crippen LogP contribution in [0.15, 0.2) is 49.2 Å². The Bertz CT molecular complexity index is 1190. The van der Waals surface area contributed by atoms with Gasteiger partial charge in [0.2, 0.25) is 0 Å². The number of unbranched alkanes of at least 4 members (excludes halogenated alkanes) is 1. The third-order valence-electron chi connectivity index (χ3n) is 5.10. The molecule has 0 radical (unpaired) electrons. The van der Waals surface area contributed by atoms with Gasteiger partial charge < -0.3 is 9.47 Å². The van der Waals surface area contributed by atoms with Gasteiger partial charge in [0.25, 0.3) is 5.56 Å². The van der Waals surface area contributed by atoms with Crippen LogP contribution < -0.4 is 15.0 Å². The van der Waals surface area contributed by atoms with Gasteiger partial charge in [0.05, 0.1) is 34.8 Å². The van der Waals surface area contributed by atoms with Crippen molar-refractivity contribution in [1.29, 1.82) is 0 Å². The first-order valence-electron chi connectivity index (χ1n) is 10.7. The van der Waals surface area contributed by atoms with E-state index in [2.05, 4.69) is 50.8 Å². The first-order chi connectivity index (χ1) is 15.4. The maximum Gasteiger partial charge on any atom is 0.282 e. The molecule has 0 bridgehead atoms. The predicted octanol–water partition coefficient (Wildman–Crippen LogP) is 6.33. The van der Waals surface area contributed by atoms with E-state index >= 15 is 0 Å². The number of benzene rings is 2. The first-order valence-corrected chi connectivity index (χ1v) is 12.3. The van der Waals surface area contributed by atoms with Crippen LogP contribution in [0.4, 0.5) is 0 Å². The third kappa shape index (κ3) is 5.59. The van der Waals surface area contributed by atoms with Crippen LogP contribution in [0.3, 0.4) is 0 Å². The fraction of sp³-hybridized carbons (Fsp3) is 0.375. The van der Waals surface area contributed by atoms with Crippen molar-refractivity contribution in [3.05, 3.63) is 61.0 Å². The topological polar surface area (TPSA) is 65.7 Å². The lowest BCUT2D eigenvalue weighted by Crippen LogP contribution is -2.22. The van der Waals surface area contributed by atoms with Gasteiger partial charge in [-0.05, 0) is 71.6 Å². The second kappa shape index (κ2) is 11.1. The zero-order valence-corrected chi connectivity index (χ0v) is 21.9. The predicted molar refractivity (Wildman–Crippen MR) is 136 cm³/mol. The zero-order valence-electron chi connectivity index (χ0n) is 18.7. The molecule has 3 aromatic rings. The molecule has 170 valence electrons. The molecule has 0 aliphatic heterocycles. The standard InChI is InChI=1S/C24H27Br2N3O3/c1-5-7-8-22-28-20-10-9-17(25)13-18(20)24(30)29(22)27-14-16-11-19(26)23(21(12-16)31-4)32-15(3)6-2/h9-15H,5-8H2,1-4H3/t15-/m1/s1. The number of rotatable bonds is 9. The van der Waals surface area contributed by atoms with Crippen molar-refractivity contribution < 1.29 is 9.47 Å². The van der Waals surface area contributed by atoms with E-state index in [9.17, 15) is 4.79 Å². The number of aryl methyl sites for hydroxylation is 1. The Kier molecular flexibility index (Phi) is 8.48. The number of halogens is 2. The van der Waals surface area contributed by atoms with Crippen molar-refractivity contribution in [2.45, 2.75) is 52.6 Å². The molecular weight excluding hydrogens is 538 g/mol. The molecule has 0 amide bonds. The Morgan fingerprint density at radius 2 is 2.00 bits per heavy atom. The summed E-state index contributed by atoms with van der Waals surface area (Å²) in [7, 11) is 1.60. The smallest absolute Gasteiger partial charge is 0.282 e. The summed E-state index contributed by atoms with van der Waals surface area (Å²) in [6.07, 6.45) is 5.17. The van der Waals surface area contributed by atoms with Gasteiger partial charge in [0.15, 0.2) is 11.5 Å². The maximum absolute atomic E-state index is 13.2. The van der Waals surface area contributed by atoms with Gasteiger partial charge in [-0.15, -0.1) is 0 Å². The van der Waals surface area contributed by atoms with Crippen molar-refractivity contribution >= 4 is 49.0 Å². The summed E-state index contributed by atoms with van der Waals surface area (Å²) in [4.78, 5) is 17.9. The van der Waals surface area contributed by atoms with Crippen LogP contribution in [0.2, 0.25) is 0 Å². The maximum atomic E-state index is 13.2. The quantitative estimate of drug-likeness (QED) is 0.285. The number of nitrogens with zero attached hydrogens (tertiary/aromatic N) is 3. The molecule has 0 aliphatic carbocycles. The van der Waals surface area contributed by atoms with E-state index < -0.39 is 0 Å². The Hall–Kier alpha value is -2.19. The molecule has 8 heteroatoms. The summed E-state index contributed by atoms with van der Waals surface area (Å²) in [5, 5.41) is 5.04. The summed E-state index contributed by atoms with van der Waals surface area (Å²) in [5.41, 5.74) is 1.25. The van der Waals surface area contributed by atoms with E-state index in [-0.39, 0.29) is 11.7 Å². The average molecular weight is 565 g/mol. The average Bonchev–Trinajstić information content (AvgIpc) is 2.78.